The van der Waals surface area contributed by atoms with Gasteiger partial charge in [-0.3, -0.25) is 4.98 Å². The standard InChI is InChI=1S/C8H6F3NO2/c1-3-4(8(13)14)2-12-6(5(3)9)7(10)11/h2,7H,1H3,(H,13,14). The predicted octanol–water partition coefficient (Wildman–Crippen LogP) is 2.16. The fraction of sp³-hybridized carbons (Fsp3) is 0.250. The first-order chi connectivity index (χ1) is 6.45. The van der Waals surface area contributed by atoms with Crippen LogP contribution >= 0.6 is 0 Å². The second-order valence-electron chi connectivity index (χ2n) is 2.60. The molecule has 1 aromatic heterocycles. The molecule has 1 N–H and O–H groups in total. The quantitative estimate of drug-likeness (QED) is 0.804. The summed E-state index contributed by atoms with van der Waals surface area (Å²) >= 11 is 0. The van der Waals surface area contributed by atoms with Crippen molar-refractivity contribution in [1.82, 2.24) is 4.98 Å². The van der Waals surface area contributed by atoms with Crippen molar-refractivity contribution in [2.24, 2.45) is 0 Å². The molecule has 0 aliphatic rings. The summed E-state index contributed by atoms with van der Waals surface area (Å²) in [6.07, 6.45) is -2.32. The number of nitrogens with zero attached hydrogens (tertiary/aromatic N) is 1. The van der Waals surface area contributed by atoms with E-state index >= 15 is 0 Å². The minimum absolute atomic E-state index is 0.331. The number of halogens is 3. The maximum Gasteiger partial charge on any atom is 0.337 e. The molecule has 0 atom stereocenters. The molecule has 1 rings (SSSR count). The number of carboxylic acids is 1. The first-order valence-electron chi connectivity index (χ1n) is 3.61. The van der Waals surface area contributed by atoms with E-state index in [2.05, 4.69) is 4.98 Å². The topological polar surface area (TPSA) is 50.2 Å². The molecule has 0 aliphatic carbocycles. The third-order valence-corrected chi connectivity index (χ3v) is 1.73. The van der Waals surface area contributed by atoms with Crippen LogP contribution in [0.3, 0.4) is 0 Å². The lowest BCUT2D eigenvalue weighted by Gasteiger charge is -2.05. The highest BCUT2D eigenvalue weighted by Gasteiger charge is 2.21. The Kier molecular flexibility index (Phi) is 2.73. The minimum atomic E-state index is -3.04. The molecule has 1 heterocycles. The smallest absolute Gasteiger partial charge is 0.337 e. The molecule has 0 spiro atoms. The van der Waals surface area contributed by atoms with Gasteiger partial charge in [0.1, 0.15) is 5.69 Å². The third kappa shape index (κ3) is 1.68. The van der Waals surface area contributed by atoms with Gasteiger partial charge in [-0.2, -0.15) is 0 Å². The lowest BCUT2D eigenvalue weighted by atomic mass is 10.1. The number of rotatable bonds is 2. The van der Waals surface area contributed by atoms with Gasteiger partial charge < -0.3 is 5.11 Å². The number of hydrogen-bond acceptors (Lipinski definition) is 2. The summed E-state index contributed by atoms with van der Waals surface area (Å²) in [5, 5.41) is 8.53. The van der Waals surface area contributed by atoms with Crippen molar-refractivity contribution in [2.45, 2.75) is 13.3 Å². The van der Waals surface area contributed by atoms with Crippen LogP contribution in [0.25, 0.3) is 0 Å². The van der Waals surface area contributed by atoms with Crippen molar-refractivity contribution < 1.29 is 23.1 Å². The molecule has 0 saturated heterocycles. The summed E-state index contributed by atoms with van der Waals surface area (Å²) in [7, 11) is 0. The number of aromatic carboxylic acids is 1. The van der Waals surface area contributed by atoms with Gasteiger partial charge in [0.15, 0.2) is 5.82 Å². The van der Waals surface area contributed by atoms with E-state index in [1.54, 1.807) is 0 Å². The van der Waals surface area contributed by atoms with Gasteiger partial charge in [0.05, 0.1) is 5.56 Å². The van der Waals surface area contributed by atoms with Gasteiger partial charge in [-0.1, -0.05) is 0 Å². The van der Waals surface area contributed by atoms with Gasteiger partial charge in [-0.25, -0.2) is 18.0 Å². The summed E-state index contributed by atoms with van der Waals surface area (Å²) < 4.78 is 37.2. The van der Waals surface area contributed by atoms with Gasteiger partial charge in [-0.15, -0.1) is 0 Å². The van der Waals surface area contributed by atoms with Crippen molar-refractivity contribution >= 4 is 5.97 Å². The number of hydrogen-bond donors (Lipinski definition) is 1. The zero-order valence-corrected chi connectivity index (χ0v) is 7.09. The Hall–Kier alpha value is -1.59. The molecule has 1 aromatic rings. The van der Waals surface area contributed by atoms with Gasteiger partial charge in [0, 0.05) is 11.8 Å². The molecule has 0 amide bonds. The average molecular weight is 205 g/mol. The highest BCUT2D eigenvalue weighted by molar-refractivity contribution is 5.88. The molecule has 0 bridgehead atoms. The van der Waals surface area contributed by atoms with E-state index in [1.807, 2.05) is 0 Å². The maximum atomic E-state index is 13.1. The monoisotopic (exact) mass is 205 g/mol. The largest absolute Gasteiger partial charge is 0.478 e. The number of carbonyl (C=O) groups is 1. The Bertz CT molecular complexity index is 379. The van der Waals surface area contributed by atoms with E-state index in [4.69, 9.17) is 5.11 Å². The Morgan fingerprint density at radius 2 is 2.14 bits per heavy atom. The van der Waals surface area contributed by atoms with E-state index in [9.17, 15) is 18.0 Å². The summed E-state index contributed by atoms with van der Waals surface area (Å²) in [6.45, 7) is 1.12. The van der Waals surface area contributed by atoms with E-state index < -0.39 is 29.5 Å². The normalized spacial score (nSPS) is 10.6. The third-order valence-electron chi connectivity index (χ3n) is 1.73. The first-order valence-corrected chi connectivity index (χ1v) is 3.61. The fourth-order valence-corrected chi connectivity index (χ4v) is 0.966. The van der Waals surface area contributed by atoms with Crippen LogP contribution in [0.15, 0.2) is 6.20 Å². The Morgan fingerprint density at radius 1 is 1.57 bits per heavy atom. The molecule has 76 valence electrons. The second-order valence-corrected chi connectivity index (χ2v) is 2.60. The van der Waals surface area contributed by atoms with Gasteiger partial charge in [0.25, 0.3) is 6.43 Å². The van der Waals surface area contributed by atoms with Crippen LogP contribution < -0.4 is 0 Å². The molecule has 14 heavy (non-hydrogen) atoms. The summed E-state index contributed by atoms with van der Waals surface area (Å²) in [6, 6.07) is 0. The van der Waals surface area contributed by atoms with Crippen LogP contribution in [0.2, 0.25) is 0 Å². The molecular weight excluding hydrogens is 199 g/mol. The second kappa shape index (κ2) is 3.65. The van der Waals surface area contributed by atoms with Crippen LogP contribution in [0, 0.1) is 12.7 Å². The molecule has 6 heteroatoms. The SMILES string of the molecule is Cc1c(C(=O)O)cnc(C(F)F)c1F. The van der Waals surface area contributed by atoms with Crippen molar-refractivity contribution in [3.05, 3.63) is 28.8 Å². The lowest BCUT2D eigenvalue weighted by Crippen LogP contribution is -2.07. The minimum Gasteiger partial charge on any atom is -0.478 e. The average Bonchev–Trinajstić information content (AvgIpc) is 2.08. The first kappa shape index (κ1) is 10.5. The zero-order chi connectivity index (χ0) is 10.9. The van der Waals surface area contributed by atoms with Crippen molar-refractivity contribution in [3.8, 4) is 0 Å². The van der Waals surface area contributed by atoms with Gasteiger partial charge in [0.2, 0.25) is 0 Å². The lowest BCUT2D eigenvalue weighted by molar-refractivity contribution is 0.0693. The number of aromatic nitrogens is 1. The van der Waals surface area contributed by atoms with Crippen LogP contribution in [0.4, 0.5) is 13.2 Å². The number of pyridine rings is 1. The van der Waals surface area contributed by atoms with Crippen LogP contribution in [0.1, 0.15) is 28.0 Å². The predicted molar refractivity (Wildman–Crippen MR) is 40.8 cm³/mol. The molecule has 3 nitrogen and oxygen atoms in total. The van der Waals surface area contributed by atoms with Crippen LogP contribution in [-0.2, 0) is 0 Å². The summed E-state index contributed by atoms with van der Waals surface area (Å²) in [5.74, 6) is -2.66. The number of carboxylic acid groups (broad SMARTS) is 1. The molecule has 0 radical (unpaired) electrons. The molecular formula is C8H6F3NO2. The van der Waals surface area contributed by atoms with E-state index in [0.717, 1.165) is 13.1 Å². The highest BCUT2D eigenvalue weighted by atomic mass is 19.3. The molecule has 0 unspecified atom stereocenters. The summed E-state index contributed by atoms with van der Waals surface area (Å²) in [5.41, 5.74) is -1.76. The Morgan fingerprint density at radius 3 is 2.57 bits per heavy atom. The van der Waals surface area contributed by atoms with Gasteiger partial charge in [-0.05, 0) is 6.92 Å². The van der Waals surface area contributed by atoms with Crippen LogP contribution in [0.5, 0.6) is 0 Å². The van der Waals surface area contributed by atoms with Gasteiger partial charge >= 0.3 is 5.97 Å². The van der Waals surface area contributed by atoms with Crippen LogP contribution in [-0.4, -0.2) is 16.1 Å². The van der Waals surface area contributed by atoms with Crippen molar-refractivity contribution in [1.29, 1.82) is 0 Å². The van der Waals surface area contributed by atoms with Crippen molar-refractivity contribution in [2.75, 3.05) is 0 Å². The highest BCUT2D eigenvalue weighted by Crippen LogP contribution is 2.23. The maximum absolute atomic E-state index is 13.1. The molecule has 0 aromatic carbocycles. The summed E-state index contributed by atoms with van der Waals surface area (Å²) in [4.78, 5) is 13.5. The Balaban J connectivity index is 3.33. The van der Waals surface area contributed by atoms with E-state index in [0.29, 0.717) is 0 Å². The Labute approximate surface area is 77.2 Å². The molecule has 0 fully saturated rings. The molecule has 0 saturated carbocycles. The zero-order valence-electron chi connectivity index (χ0n) is 7.09. The van der Waals surface area contributed by atoms with E-state index in [1.165, 1.54) is 0 Å². The van der Waals surface area contributed by atoms with Crippen molar-refractivity contribution in [3.63, 3.8) is 0 Å². The number of alkyl halides is 2. The fourth-order valence-electron chi connectivity index (χ4n) is 0.966. The van der Waals surface area contributed by atoms with E-state index in [-0.39, 0.29) is 5.56 Å². The molecule has 0 aliphatic heterocycles.